The first-order chi connectivity index (χ1) is 8.74. The molecule has 0 unspecified atom stereocenters. The molecule has 2 nitrogen and oxygen atoms in total. The molecule has 0 saturated heterocycles. The van der Waals surface area contributed by atoms with Crippen molar-refractivity contribution < 1.29 is 4.39 Å². The average Bonchev–Trinajstić information content (AvgIpc) is 2.67. The maximum absolute atomic E-state index is 13.2. The zero-order chi connectivity index (χ0) is 12.5. The Labute approximate surface area is 111 Å². The first-order valence-electron chi connectivity index (χ1n) is 6.53. The monoisotopic (exact) mass is 313 g/mol. The summed E-state index contributed by atoms with van der Waals surface area (Å²) in [5.74, 6) is 0.423. The van der Waals surface area contributed by atoms with Crippen LogP contribution in [-0.2, 0) is 6.54 Å². The van der Waals surface area contributed by atoms with Crippen molar-refractivity contribution >= 4 is 24.4 Å². The van der Waals surface area contributed by atoms with Crippen LogP contribution >= 0.6 is 0 Å². The number of hydrogen-bond acceptors (Lipinski definition) is 1. The van der Waals surface area contributed by atoms with E-state index in [-0.39, 0.29) is 26.1 Å². The Morgan fingerprint density at radius 3 is 2.83 bits per heavy atom. The van der Waals surface area contributed by atoms with Gasteiger partial charge < -0.3 is 0 Å². The Balaban J connectivity index is 1.92. The van der Waals surface area contributed by atoms with Crippen LogP contribution in [-0.4, -0.2) is 18.3 Å². The van der Waals surface area contributed by atoms with E-state index in [1.54, 1.807) is 6.07 Å². The molecule has 2 aromatic rings. The number of rotatable bonds is 2. The molecule has 96 valence electrons. The molecule has 0 aliphatic heterocycles. The first-order valence-corrected chi connectivity index (χ1v) is 8.16. The Morgan fingerprint density at radius 1 is 1.28 bits per heavy atom. The fraction of sp³-hybridized carbons (Fsp3) is 0.500. The third-order valence-corrected chi connectivity index (χ3v) is 6.00. The number of halogens is 1. The molecule has 0 radical (unpaired) electrons. The summed E-state index contributed by atoms with van der Waals surface area (Å²) in [5, 5.41) is 0.715. The normalized spacial score (nSPS) is 17.4. The van der Waals surface area contributed by atoms with Gasteiger partial charge in [-0.2, -0.15) is 0 Å². The van der Waals surface area contributed by atoms with E-state index in [4.69, 9.17) is 0 Å². The molecule has 1 aliphatic rings. The molecule has 1 fully saturated rings. The minimum absolute atomic E-state index is 0.0219. The molecule has 0 N–H and O–H groups in total. The molecule has 0 bridgehead atoms. The zero-order valence-corrected chi connectivity index (χ0v) is 11.9. The summed E-state index contributed by atoms with van der Waals surface area (Å²) in [6.45, 7) is 0.870. The van der Waals surface area contributed by atoms with Crippen LogP contribution in [0, 0.1) is 11.7 Å². The number of nitrogens with zero attached hydrogens (tertiary/aromatic N) is 1. The number of benzene rings is 1. The van der Waals surface area contributed by atoms with Gasteiger partial charge in [-0.1, -0.05) is 0 Å². The van der Waals surface area contributed by atoms with Gasteiger partial charge in [-0.3, -0.25) is 0 Å². The number of fused-ring (bicyclic) bond motifs is 1. The van der Waals surface area contributed by atoms with Crippen LogP contribution in [0.4, 0.5) is 4.39 Å². The van der Waals surface area contributed by atoms with Gasteiger partial charge in [0.05, 0.1) is 0 Å². The molecule has 0 spiro atoms. The molecule has 3 rings (SSSR count). The quantitative estimate of drug-likeness (QED) is 0.782. The van der Waals surface area contributed by atoms with Gasteiger partial charge in [0.1, 0.15) is 0 Å². The Bertz CT molecular complexity index is 610. The van der Waals surface area contributed by atoms with Crippen molar-refractivity contribution in [2.75, 3.05) is 0 Å². The topological polar surface area (TPSA) is 22.0 Å². The summed E-state index contributed by atoms with van der Waals surface area (Å²) < 4.78 is 16.0. The van der Waals surface area contributed by atoms with E-state index in [9.17, 15) is 9.18 Å². The Hall–Kier alpha value is -0.861. The van der Waals surface area contributed by atoms with Crippen LogP contribution < -0.4 is 5.56 Å². The average molecular weight is 312 g/mol. The van der Waals surface area contributed by atoms with Crippen molar-refractivity contribution in [1.82, 2.24) is 3.56 Å². The van der Waals surface area contributed by atoms with Gasteiger partial charge in [-0.05, 0) is 0 Å². The Morgan fingerprint density at radius 2 is 2.06 bits per heavy atom. The second-order valence-corrected chi connectivity index (χ2v) is 7.33. The molecule has 1 aromatic heterocycles. The van der Waals surface area contributed by atoms with E-state index in [1.807, 2.05) is 3.56 Å². The molecule has 1 aromatic carbocycles. The van der Waals surface area contributed by atoms with Crippen LogP contribution in [0.2, 0.25) is 0 Å². The fourth-order valence-electron chi connectivity index (χ4n) is 2.77. The van der Waals surface area contributed by atoms with Crippen molar-refractivity contribution in [3.63, 3.8) is 0 Å². The summed E-state index contributed by atoms with van der Waals surface area (Å²) in [7, 11) is 0. The van der Waals surface area contributed by atoms with Crippen LogP contribution in [0.3, 0.4) is 0 Å². The summed E-state index contributed by atoms with van der Waals surface area (Å²) in [6.07, 6.45) is 6.40. The SMILES string of the molecule is O=c1c2ccc(F)cc2[se]n1CC1CCCCC1. The Kier molecular flexibility index (Phi) is 3.40. The molecular formula is C14H16FNOSe. The maximum atomic E-state index is 13.2. The van der Waals surface area contributed by atoms with Crippen molar-refractivity contribution in [2.24, 2.45) is 5.92 Å². The van der Waals surface area contributed by atoms with Gasteiger partial charge in [0.15, 0.2) is 0 Å². The van der Waals surface area contributed by atoms with E-state index < -0.39 is 0 Å². The van der Waals surface area contributed by atoms with Crippen LogP contribution in [0.15, 0.2) is 23.0 Å². The predicted molar refractivity (Wildman–Crippen MR) is 71.7 cm³/mol. The van der Waals surface area contributed by atoms with E-state index >= 15 is 0 Å². The number of hydrogen-bond donors (Lipinski definition) is 0. The van der Waals surface area contributed by atoms with E-state index in [1.165, 1.54) is 44.2 Å². The summed E-state index contributed by atoms with van der Waals surface area (Å²) in [5.41, 5.74) is 0.107. The molecule has 1 aliphatic carbocycles. The standard InChI is InChI=1S/C14H16FNOSe/c15-11-6-7-12-13(8-11)18-16(14(12)17)9-10-4-2-1-3-5-10/h6-8,10H,1-5,9H2. The van der Waals surface area contributed by atoms with Gasteiger partial charge in [-0.25, -0.2) is 0 Å². The van der Waals surface area contributed by atoms with Gasteiger partial charge in [0.25, 0.3) is 0 Å². The van der Waals surface area contributed by atoms with Crippen molar-refractivity contribution in [1.29, 1.82) is 0 Å². The minimum atomic E-state index is -0.233. The molecule has 1 saturated carbocycles. The third kappa shape index (κ3) is 2.32. The third-order valence-electron chi connectivity index (χ3n) is 3.76. The summed E-state index contributed by atoms with van der Waals surface area (Å²) in [6, 6.07) is 4.54. The van der Waals surface area contributed by atoms with Gasteiger partial charge in [-0.15, -0.1) is 0 Å². The summed E-state index contributed by atoms with van der Waals surface area (Å²) in [4.78, 5) is 12.2. The fourth-order valence-corrected chi connectivity index (χ4v) is 5.12. The molecule has 0 amide bonds. The second kappa shape index (κ2) is 5.02. The van der Waals surface area contributed by atoms with Gasteiger partial charge in [0.2, 0.25) is 0 Å². The van der Waals surface area contributed by atoms with E-state index in [0.29, 0.717) is 11.3 Å². The van der Waals surface area contributed by atoms with E-state index in [0.717, 1.165) is 10.8 Å². The van der Waals surface area contributed by atoms with Crippen molar-refractivity contribution in [3.8, 4) is 0 Å². The van der Waals surface area contributed by atoms with Gasteiger partial charge in [0, 0.05) is 0 Å². The number of aromatic nitrogens is 1. The van der Waals surface area contributed by atoms with Crippen LogP contribution in [0.25, 0.3) is 9.65 Å². The molecule has 0 atom stereocenters. The zero-order valence-electron chi connectivity index (χ0n) is 10.2. The van der Waals surface area contributed by atoms with Crippen LogP contribution in [0.5, 0.6) is 0 Å². The van der Waals surface area contributed by atoms with Crippen molar-refractivity contribution in [2.45, 2.75) is 38.6 Å². The predicted octanol–water partition coefficient (Wildman–Crippen LogP) is 2.78. The van der Waals surface area contributed by atoms with Crippen LogP contribution in [0.1, 0.15) is 32.1 Å². The molecule has 1 heterocycles. The molecule has 18 heavy (non-hydrogen) atoms. The van der Waals surface area contributed by atoms with Crippen molar-refractivity contribution in [3.05, 3.63) is 34.4 Å². The first kappa shape index (κ1) is 12.2. The van der Waals surface area contributed by atoms with Gasteiger partial charge >= 0.3 is 111 Å². The second-order valence-electron chi connectivity index (χ2n) is 5.10. The molecule has 4 heteroatoms. The summed E-state index contributed by atoms with van der Waals surface area (Å²) >= 11 is -0.0219. The van der Waals surface area contributed by atoms with E-state index in [2.05, 4.69) is 0 Å². The molecular weight excluding hydrogens is 296 g/mol.